The third kappa shape index (κ3) is 5.05. The van der Waals surface area contributed by atoms with Gasteiger partial charge in [0.15, 0.2) is 17.5 Å². The molecule has 0 aliphatic carbocycles. The first-order valence-electron chi connectivity index (χ1n) is 19.4. The molecule has 12 rings (SSSR count). The second-order valence-corrected chi connectivity index (χ2v) is 14.6. The highest BCUT2D eigenvalue weighted by Gasteiger charge is 2.20. The first-order valence-corrected chi connectivity index (χ1v) is 19.4. The summed E-state index contributed by atoms with van der Waals surface area (Å²) in [6.45, 7) is 0. The van der Waals surface area contributed by atoms with E-state index in [1.807, 2.05) is 30.3 Å². The van der Waals surface area contributed by atoms with Gasteiger partial charge in [-0.3, -0.25) is 0 Å². The molecule has 0 radical (unpaired) electrons. The Morgan fingerprint density at radius 1 is 0.397 bits per heavy atom. The van der Waals surface area contributed by atoms with Crippen LogP contribution in [0.4, 0.5) is 0 Å². The highest BCUT2D eigenvalue weighted by Crippen LogP contribution is 2.40. The molecule has 4 aromatic heterocycles. The summed E-state index contributed by atoms with van der Waals surface area (Å²) in [5.41, 5.74) is 9.61. The number of benzene rings is 8. The minimum absolute atomic E-state index is 0.530. The second kappa shape index (κ2) is 12.8. The summed E-state index contributed by atoms with van der Waals surface area (Å²) in [7, 11) is 0. The van der Waals surface area contributed by atoms with E-state index in [1.54, 1.807) is 6.20 Å². The van der Waals surface area contributed by atoms with Crippen LogP contribution >= 0.6 is 0 Å². The summed E-state index contributed by atoms with van der Waals surface area (Å²) < 4.78 is 8.80. The van der Waals surface area contributed by atoms with Gasteiger partial charge in [-0.15, -0.1) is 0 Å². The fraction of sp³-hybridized carbons (Fsp3) is 0. The summed E-state index contributed by atoms with van der Waals surface area (Å²) >= 11 is 0. The van der Waals surface area contributed by atoms with Crippen LogP contribution in [0.5, 0.6) is 0 Å². The van der Waals surface area contributed by atoms with Gasteiger partial charge in [0.1, 0.15) is 5.58 Å². The number of furan rings is 1. The van der Waals surface area contributed by atoms with Crippen LogP contribution in [0.25, 0.3) is 116 Å². The monoisotopic (exact) mass is 741 g/mol. The highest BCUT2D eigenvalue weighted by atomic mass is 16.3. The lowest BCUT2D eigenvalue weighted by molar-refractivity contribution is 0.654. The predicted molar refractivity (Wildman–Crippen MR) is 236 cm³/mol. The van der Waals surface area contributed by atoms with E-state index in [-0.39, 0.29) is 0 Å². The molecule has 0 unspecified atom stereocenters. The largest absolute Gasteiger partial charge is 0.437 e. The zero-order valence-corrected chi connectivity index (χ0v) is 31.0. The molecule has 6 heteroatoms. The first-order chi connectivity index (χ1) is 28.7. The van der Waals surface area contributed by atoms with Gasteiger partial charge in [-0.1, -0.05) is 146 Å². The van der Waals surface area contributed by atoms with Gasteiger partial charge in [-0.05, 0) is 58.3 Å². The maximum absolute atomic E-state index is 6.37. The number of nitrogens with zero attached hydrogens (tertiary/aromatic N) is 5. The molecule has 4 heterocycles. The molecule has 8 aromatic carbocycles. The van der Waals surface area contributed by atoms with Crippen molar-refractivity contribution in [3.05, 3.63) is 188 Å². The highest BCUT2D eigenvalue weighted by molar-refractivity contribution is 6.19. The van der Waals surface area contributed by atoms with E-state index in [4.69, 9.17) is 19.4 Å². The summed E-state index contributed by atoms with van der Waals surface area (Å²) in [5.74, 6) is 1.69. The second-order valence-electron chi connectivity index (χ2n) is 14.6. The van der Waals surface area contributed by atoms with Crippen molar-refractivity contribution in [2.45, 2.75) is 0 Å². The zero-order valence-electron chi connectivity index (χ0n) is 31.0. The quantitative estimate of drug-likeness (QED) is 0.176. The molecule has 0 spiro atoms. The number of hydrogen-bond donors (Lipinski definition) is 0. The third-order valence-corrected chi connectivity index (χ3v) is 11.3. The zero-order chi connectivity index (χ0) is 38.2. The van der Waals surface area contributed by atoms with Crippen molar-refractivity contribution in [2.75, 3.05) is 0 Å². The van der Waals surface area contributed by atoms with E-state index >= 15 is 0 Å². The van der Waals surface area contributed by atoms with E-state index < -0.39 is 0 Å². The van der Waals surface area contributed by atoms with Crippen molar-refractivity contribution in [1.82, 2.24) is 24.5 Å². The molecular formula is C52H31N5O. The van der Waals surface area contributed by atoms with Crippen molar-refractivity contribution in [2.24, 2.45) is 0 Å². The van der Waals surface area contributed by atoms with Crippen LogP contribution in [0.1, 0.15) is 0 Å². The Balaban J connectivity index is 1.05. The third-order valence-electron chi connectivity index (χ3n) is 11.3. The number of fused-ring (bicyclic) bond motifs is 9. The van der Waals surface area contributed by atoms with Crippen LogP contribution in [0.2, 0.25) is 0 Å². The number of para-hydroxylation sites is 2. The summed E-state index contributed by atoms with van der Waals surface area (Å²) in [4.78, 5) is 19.9. The molecule has 0 fully saturated rings. The minimum Gasteiger partial charge on any atom is -0.437 e. The van der Waals surface area contributed by atoms with Crippen molar-refractivity contribution < 1.29 is 4.42 Å². The first kappa shape index (κ1) is 32.3. The van der Waals surface area contributed by atoms with Crippen LogP contribution in [0, 0.1) is 0 Å². The molecule has 0 amide bonds. The van der Waals surface area contributed by atoms with Crippen LogP contribution in [0.3, 0.4) is 0 Å². The van der Waals surface area contributed by atoms with E-state index in [0.717, 1.165) is 55.0 Å². The van der Waals surface area contributed by atoms with Gasteiger partial charge in [-0.2, -0.15) is 0 Å². The van der Waals surface area contributed by atoms with E-state index in [9.17, 15) is 0 Å². The normalized spacial score (nSPS) is 11.8. The van der Waals surface area contributed by atoms with Gasteiger partial charge in [0.2, 0.25) is 5.71 Å². The Bertz CT molecular complexity index is 3570. The number of pyridine rings is 1. The van der Waals surface area contributed by atoms with E-state index in [1.165, 1.54) is 32.6 Å². The lowest BCUT2D eigenvalue weighted by Gasteiger charge is -2.14. The lowest BCUT2D eigenvalue weighted by Crippen LogP contribution is -2.01. The molecule has 0 N–H and O–H groups in total. The van der Waals surface area contributed by atoms with Crippen molar-refractivity contribution in [3.8, 4) is 51.0 Å². The number of hydrogen-bond acceptors (Lipinski definition) is 5. The average molecular weight is 742 g/mol. The number of rotatable bonds is 5. The molecule has 0 aliphatic heterocycles. The molecular weight excluding hydrogens is 711 g/mol. The molecule has 12 aromatic rings. The van der Waals surface area contributed by atoms with Crippen molar-refractivity contribution >= 4 is 65.4 Å². The lowest BCUT2D eigenvalue weighted by atomic mass is 10.0. The van der Waals surface area contributed by atoms with Crippen LogP contribution in [-0.2, 0) is 0 Å². The fourth-order valence-electron chi connectivity index (χ4n) is 8.59. The van der Waals surface area contributed by atoms with Crippen molar-refractivity contribution in [1.29, 1.82) is 0 Å². The van der Waals surface area contributed by atoms with Gasteiger partial charge in [0.25, 0.3) is 0 Å². The number of aromatic nitrogens is 5. The molecule has 0 saturated carbocycles. The molecule has 0 saturated heterocycles. The Morgan fingerprint density at radius 3 is 1.95 bits per heavy atom. The smallest absolute Gasteiger partial charge is 0.227 e. The summed E-state index contributed by atoms with van der Waals surface area (Å²) in [6.07, 6.45) is 1.75. The average Bonchev–Trinajstić information content (AvgIpc) is 3.85. The fourth-order valence-corrected chi connectivity index (χ4v) is 8.59. The Hall–Kier alpha value is -7.96. The van der Waals surface area contributed by atoms with Crippen molar-refractivity contribution in [3.63, 3.8) is 0 Å². The van der Waals surface area contributed by atoms with E-state index in [0.29, 0.717) is 28.8 Å². The van der Waals surface area contributed by atoms with Crippen LogP contribution < -0.4 is 0 Å². The Kier molecular flexibility index (Phi) is 7.13. The molecule has 270 valence electrons. The van der Waals surface area contributed by atoms with E-state index in [2.05, 4.69) is 161 Å². The molecule has 58 heavy (non-hydrogen) atoms. The SMILES string of the molecule is c1ccc(-c2ccc(-c3nc(-c4ccc5c(-n6c7ccccc7c7ccc8ccccc8c76)cccc5c4)nc(-c4cccc5c4oc4ncccc45)n3)cc2)cc1. The van der Waals surface area contributed by atoms with Crippen LogP contribution in [0.15, 0.2) is 193 Å². The molecule has 0 atom stereocenters. The Morgan fingerprint density at radius 2 is 1.05 bits per heavy atom. The maximum Gasteiger partial charge on any atom is 0.227 e. The predicted octanol–water partition coefficient (Wildman–Crippen LogP) is 13.2. The minimum atomic E-state index is 0.530. The van der Waals surface area contributed by atoms with Gasteiger partial charge >= 0.3 is 0 Å². The van der Waals surface area contributed by atoms with Gasteiger partial charge in [-0.25, -0.2) is 19.9 Å². The molecule has 0 bridgehead atoms. The van der Waals surface area contributed by atoms with Gasteiger partial charge < -0.3 is 8.98 Å². The van der Waals surface area contributed by atoms with Gasteiger partial charge in [0.05, 0.1) is 22.3 Å². The summed E-state index contributed by atoms with van der Waals surface area (Å²) in [5, 5.41) is 9.04. The Labute approximate surface area is 332 Å². The summed E-state index contributed by atoms with van der Waals surface area (Å²) in [6, 6.07) is 63.7. The maximum atomic E-state index is 6.37. The van der Waals surface area contributed by atoms with Crippen LogP contribution in [-0.4, -0.2) is 24.5 Å². The molecule has 0 aliphatic rings. The molecule has 6 nitrogen and oxygen atoms in total. The topological polar surface area (TPSA) is 69.6 Å². The standard InChI is InChI=1S/C52H31N5O/c1-2-11-32(12-3-1)33-22-24-35(25-23-33)49-54-50(56-51(55-49)44-18-9-17-42-43-19-10-30-53-52(43)58-48(42)44)37-27-28-38-36(31-37)14-8-21-45(38)57-46-20-7-6-16-40(46)41-29-26-34-13-4-5-15-39(34)47(41)57/h1-31H. The van der Waals surface area contributed by atoms with Gasteiger partial charge in [0, 0.05) is 49.6 Å².